The lowest BCUT2D eigenvalue weighted by Crippen LogP contribution is -2.12. The van der Waals surface area contributed by atoms with E-state index in [9.17, 15) is 22.8 Å². The lowest BCUT2D eigenvalue weighted by atomic mass is 10.1. The molecule has 0 aliphatic heterocycles. The Kier molecular flexibility index (Phi) is 5.48. The van der Waals surface area contributed by atoms with Gasteiger partial charge < -0.3 is 10.4 Å². The molecule has 4 nitrogen and oxygen atoms in total. The van der Waals surface area contributed by atoms with Gasteiger partial charge in [0.05, 0.1) is 16.8 Å². The molecule has 1 amide bonds. The number of carbonyl (C=O) groups is 2. The van der Waals surface area contributed by atoms with Crippen LogP contribution < -0.4 is 5.32 Å². The van der Waals surface area contributed by atoms with Gasteiger partial charge >= 0.3 is 12.1 Å². The van der Waals surface area contributed by atoms with Crippen molar-refractivity contribution < 1.29 is 27.9 Å². The predicted octanol–water partition coefficient (Wildman–Crippen LogP) is 4.71. The highest BCUT2D eigenvalue weighted by molar-refractivity contribution is 6.31. The summed E-state index contributed by atoms with van der Waals surface area (Å²) in [6, 6.07) is 8.56. The fraction of sp³-hybridized carbons (Fsp3) is 0.0588. The molecule has 0 spiro atoms. The summed E-state index contributed by atoms with van der Waals surface area (Å²) >= 11 is 5.76. The third-order valence-corrected chi connectivity index (χ3v) is 3.39. The van der Waals surface area contributed by atoms with Gasteiger partial charge in [0.25, 0.3) is 0 Å². The highest BCUT2D eigenvalue weighted by Gasteiger charge is 2.32. The zero-order valence-electron chi connectivity index (χ0n) is 12.5. The molecule has 0 aliphatic carbocycles. The highest BCUT2D eigenvalue weighted by atomic mass is 35.5. The number of hydrogen-bond donors (Lipinski definition) is 2. The summed E-state index contributed by atoms with van der Waals surface area (Å²) in [5, 5.41) is 11.6. The van der Waals surface area contributed by atoms with E-state index in [0.29, 0.717) is 0 Å². The van der Waals surface area contributed by atoms with Crippen molar-refractivity contribution in [2.75, 3.05) is 5.32 Å². The number of carboxylic acid groups (broad SMARTS) is 1. The summed E-state index contributed by atoms with van der Waals surface area (Å²) in [7, 11) is 0. The number of aromatic carboxylic acids is 1. The topological polar surface area (TPSA) is 66.4 Å². The molecule has 8 heteroatoms. The first-order valence-corrected chi connectivity index (χ1v) is 7.24. The van der Waals surface area contributed by atoms with Crippen LogP contribution in [0.25, 0.3) is 6.08 Å². The third kappa shape index (κ3) is 4.84. The van der Waals surface area contributed by atoms with Crippen molar-refractivity contribution in [1.29, 1.82) is 0 Å². The number of carbonyl (C=O) groups excluding carboxylic acids is 1. The molecule has 2 rings (SSSR count). The predicted molar refractivity (Wildman–Crippen MR) is 87.5 cm³/mol. The first-order valence-electron chi connectivity index (χ1n) is 6.86. The Hall–Kier alpha value is -2.80. The number of benzene rings is 2. The van der Waals surface area contributed by atoms with Crippen LogP contribution in [-0.4, -0.2) is 17.0 Å². The normalized spacial score (nSPS) is 11.5. The first kappa shape index (κ1) is 18.5. The lowest BCUT2D eigenvalue weighted by Gasteiger charge is -2.10. The minimum atomic E-state index is -4.55. The van der Waals surface area contributed by atoms with Gasteiger partial charge in [0.15, 0.2) is 0 Å². The minimum Gasteiger partial charge on any atom is -0.478 e. The molecule has 130 valence electrons. The quantitative estimate of drug-likeness (QED) is 0.767. The molecule has 0 aromatic heterocycles. The number of rotatable bonds is 4. The SMILES string of the molecule is O=C(/C=C/c1ccccc1C(F)(F)F)Nc1cc(Cl)ccc1C(=O)O. The summed E-state index contributed by atoms with van der Waals surface area (Å²) in [4.78, 5) is 23.0. The second-order valence-corrected chi connectivity index (χ2v) is 5.34. The maximum atomic E-state index is 12.9. The van der Waals surface area contributed by atoms with E-state index in [1.165, 1.54) is 36.4 Å². The second kappa shape index (κ2) is 7.40. The number of halogens is 4. The molecular formula is C17H11ClF3NO3. The monoisotopic (exact) mass is 369 g/mol. The molecule has 2 N–H and O–H groups in total. The molecule has 0 saturated heterocycles. The maximum Gasteiger partial charge on any atom is 0.416 e. The van der Waals surface area contributed by atoms with Crippen LogP contribution in [0.4, 0.5) is 18.9 Å². The van der Waals surface area contributed by atoms with Crippen molar-refractivity contribution in [2.45, 2.75) is 6.18 Å². The maximum absolute atomic E-state index is 12.9. The average Bonchev–Trinajstić information content (AvgIpc) is 2.52. The van der Waals surface area contributed by atoms with Crippen LogP contribution in [0.1, 0.15) is 21.5 Å². The molecule has 0 radical (unpaired) electrons. The summed E-state index contributed by atoms with van der Waals surface area (Å²) in [5.74, 6) is -2.07. The zero-order chi connectivity index (χ0) is 18.6. The third-order valence-electron chi connectivity index (χ3n) is 3.15. The van der Waals surface area contributed by atoms with Crippen molar-refractivity contribution in [3.63, 3.8) is 0 Å². The molecular weight excluding hydrogens is 359 g/mol. The fourth-order valence-corrected chi connectivity index (χ4v) is 2.22. The molecule has 0 saturated carbocycles. The fourth-order valence-electron chi connectivity index (χ4n) is 2.05. The highest BCUT2D eigenvalue weighted by Crippen LogP contribution is 2.32. The second-order valence-electron chi connectivity index (χ2n) is 4.90. The van der Waals surface area contributed by atoms with Crippen molar-refractivity contribution >= 4 is 35.2 Å². The van der Waals surface area contributed by atoms with E-state index in [0.717, 1.165) is 18.2 Å². The van der Waals surface area contributed by atoms with Gasteiger partial charge in [0.2, 0.25) is 5.91 Å². The van der Waals surface area contributed by atoms with Gasteiger partial charge in [0.1, 0.15) is 0 Å². The molecule has 0 unspecified atom stereocenters. The van der Waals surface area contributed by atoms with Gasteiger partial charge in [-0.3, -0.25) is 4.79 Å². The molecule has 2 aromatic rings. The van der Waals surface area contributed by atoms with Crippen molar-refractivity contribution in [2.24, 2.45) is 0 Å². The van der Waals surface area contributed by atoms with Crippen LogP contribution in [-0.2, 0) is 11.0 Å². The van der Waals surface area contributed by atoms with Crippen molar-refractivity contribution in [3.8, 4) is 0 Å². The lowest BCUT2D eigenvalue weighted by molar-refractivity contribution is -0.137. The number of hydrogen-bond acceptors (Lipinski definition) is 2. The molecule has 0 heterocycles. The van der Waals surface area contributed by atoms with E-state index in [4.69, 9.17) is 16.7 Å². The largest absolute Gasteiger partial charge is 0.478 e. The van der Waals surface area contributed by atoms with Crippen molar-refractivity contribution in [1.82, 2.24) is 0 Å². The Labute approximate surface area is 145 Å². The van der Waals surface area contributed by atoms with E-state index in [1.807, 2.05) is 0 Å². The van der Waals surface area contributed by atoms with Gasteiger partial charge in [-0.2, -0.15) is 13.2 Å². The molecule has 0 atom stereocenters. The van der Waals surface area contributed by atoms with E-state index in [2.05, 4.69) is 5.32 Å². The number of anilines is 1. The van der Waals surface area contributed by atoms with Crippen molar-refractivity contribution in [3.05, 3.63) is 70.3 Å². The minimum absolute atomic E-state index is 0.0567. The summed E-state index contributed by atoms with van der Waals surface area (Å²) < 4.78 is 38.7. The van der Waals surface area contributed by atoms with E-state index in [-0.39, 0.29) is 21.8 Å². The van der Waals surface area contributed by atoms with Gasteiger partial charge in [-0.25, -0.2) is 4.79 Å². The Bertz CT molecular complexity index is 847. The summed E-state index contributed by atoms with van der Waals surface area (Å²) in [6.45, 7) is 0. The van der Waals surface area contributed by atoms with Crippen LogP contribution in [0.3, 0.4) is 0 Å². The number of carboxylic acids is 1. The van der Waals surface area contributed by atoms with Crippen LogP contribution in [0.5, 0.6) is 0 Å². The number of amides is 1. The average molecular weight is 370 g/mol. The van der Waals surface area contributed by atoms with Gasteiger partial charge in [-0.1, -0.05) is 29.8 Å². The Balaban J connectivity index is 2.24. The first-order chi connectivity index (χ1) is 11.7. The number of alkyl halides is 3. The van der Waals surface area contributed by atoms with Crippen LogP contribution in [0, 0.1) is 0 Å². The zero-order valence-corrected chi connectivity index (χ0v) is 13.2. The number of nitrogens with one attached hydrogen (secondary N) is 1. The van der Waals surface area contributed by atoms with Gasteiger partial charge in [0, 0.05) is 11.1 Å². The Morgan fingerprint density at radius 2 is 1.80 bits per heavy atom. The van der Waals surface area contributed by atoms with E-state index in [1.54, 1.807) is 0 Å². The van der Waals surface area contributed by atoms with Gasteiger partial charge in [-0.05, 0) is 35.9 Å². The molecule has 0 aliphatic rings. The molecule has 2 aromatic carbocycles. The standard InChI is InChI=1S/C17H11ClF3NO3/c18-11-6-7-12(16(24)25)14(9-11)22-15(23)8-5-10-3-1-2-4-13(10)17(19,20)21/h1-9H,(H,22,23)(H,24,25)/b8-5+. The van der Waals surface area contributed by atoms with Crippen LogP contribution in [0.2, 0.25) is 5.02 Å². The smallest absolute Gasteiger partial charge is 0.416 e. The Morgan fingerprint density at radius 3 is 2.44 bits per heavy atom. The molecule has 25 heavy (non-hydrogen) atoms. The van der Waals surface area contributed by atoms with Gasteiger partial charge in [-0.15, -0.1) is 0 Å². The summed E-state index contributed by atoms with van der Waals surface area (Å²) in [6.07, 6.45) is -2.67. The Morgan fingerprint density at radius 1 is 1.12 bits per heavy atom. The van der Waals surface area contributed by atoms with Crippen LogP contribution >= 0.6 is 11.6 Å². The van der Waals surface area contributed by atoms with E-state index < -0.39 is 23.6 Å². The molecule has 0 bridgehead atoms. The molecule has 0 fully saturated rings. The van der Waals surface area contributed by atoms with Crippen LogP contribution in [0.15, 0.2) is 48.5 Å². The summed E-state index contributed by atoms with van der Waals surface area (Å²) in [5.41, 5.74) is -1.32. The van der Waals surface area contributed by atoms with E-state index >= 15 is 0 Å².